The highest BCUT2D eigenvalue weighted by Gasteiger charge is 2.11. The molecule has 0 radical (unpaired) electrons. The average Bonchev–Trinajstić information content (AvgIpc) is 2.80. The number of benzene rings is 1. The molecule has 22 heavy (non-hydrogen) atoms. The number of nitrogens with one attached hydrogen (secondary N) is 2. The van der Waals surface area contributed by atoms with Crippen molar-refractivity contribution >= 4 is 16.8 Å². The van der Waals surface area contributed by atoms with Gasteiger partial charge in [-0.1, -0.05) is 0 Å². The van der Waals surface area contributed by atoms with Crippen LogP contribution in [0.4, 0.5) is 0 Å². The third-order valence-electron chi connectivity index (χ3n) is 4.01. The number of aromatic amines is 1. The quantitative estimate of drug-likeness (QED) is 0.826. The number of aromatic nitrogens is 1. The predicted molar refractivity (Wildman–Crippen MR) is 87.4 cm³/mol. The van der Waals surface area contributed by atoms with Gasteiger partial charge in [-0.15, -0.1) is 0 Å². The van der Waals surface area contributed by atoms with E-state index in [1.165, 1.54) is 5.56 Å². The minimum atomic E-state index is -0.0626. The Bertz CT molecular complexity index is 649. The molecule has 120 valence electrons. The number of H-pyrrole nitrogens is 1. The molecule has 0 aliphatic carbocycles. The molecule has 2 aromatic rings. The summed E-state index contributed by atoms with van der Waals surface area (Å²) in [6.07, 6.45) is 0.725. The number of rotatable bonds is 7. The van der Waals surface area contributed by atoms with Crippen molar-refractivity contribution < 1.29 is 14.3 Å². The van der Waals surface area contributed by atoms with E-state index in [4.69, 9.17) is 9.47 Å². The van der Waals surface area contributed by atoms with Gasteiger partial charge in [0.1, 0.15) is 0 Å². The third kappa shape index (κ3) is 3.67. The molecular weight excluding hydrogens is 280 g/mol. The summed E-state index contributed by atoms with van der Waals surface area (Å²) in [7, 11) is 3.29. The molecule has 0 aliphatic heterocycles. The number of ether oxygens (including phenoxy) is 2. The molecule has 5 heteroatoms. The lowest BCUT2D eigenvalue weighted by atomic mass is 10.1. The molecule has 0 bridgehead atoms. The first-order valence-corrected chi connectivity index (χ1v) is 7.45. The van der Waals surface area contributed by atoms with E-state index in [-0.39, 0.29) is 12.0 Å². The highest BCUT2D eigenvalue weighted by molar-refractivity contribution is 5.99. The van der Waals surface area contributed by atoms with Gasteiger partial charge in [-0.05, 0) is 44.0 Å². The molecule has 0 aliphatic rings. The van der Waals surface area contributed by atoms with Crippen LogP contribution in [0, 0.1) is 13.8 Å². The summed E-state index contributed by atoms with van der Waals surface area (Å²) in [6, 6.07) is 5.73. The molecule has 1 atom stereocenters. The summed E-state index contributed by atoms with van der Waals surface area (Å²) in [5.74, 6) is -0.0626. The van der Waals surface area contributed by atoms with Gasteiger partial charge in [-0.2, -0.15) is 0 Å². The van der Waals surface area contributed by atoms with Gasteiger partial charge < -0.3 is 19.8 Å². The molecule has 1 aromatic heterocycles. The maximum Gasteiger partial charge on any atom is 0.251 e. The van der Waals surface area contributed by atoms with Crippen molar-refractivity contribution in [1.82, 2.24) is 10.3 Å². The summed E-state index contributed by atoms with van der Waals surface area (Å²) in [6.45, 7) is 5.18. The molecule has 0 saturated heterocycles. The molecule has 0 saturated carbocycles. The predicted octanol–water partition coefficient (Wildman–Crippen LogP) is 2.57. The van der Waals surface area contributed by atoms with E-state index in [0.717, 1.165) is 23.0 Å². The Morgan fingerprint density at radius 3 is 2.77 bits per heavy atom. The number of carbonyl (C=O) groups is 1. The number of carbonyl (C=O) groups excluding carboxylic acids is 1. The fourth-order valence-corrected chi connectivity index (χ4v) is 2.51. The molecule has 0 unspecified atom stereocenters. The molecule has 5 nitrogen and oxygen atoms in total. The summed E-state index contributed by atoms with van der Waals surface area (Å²) in [4.78, 5) is 15.6. The number of hydrogen-bond donors (Lipinski definition) is 2. The second-order valence-corrected chi connectivity index (χ2v) is 5.49. The fraction of sp³-hybridized carbons (Fsp3) is 0.471. The number of amides is 1. The van der Waals surface area contributed by atoms with Gasteiger partial charge in [0.05, 0.1) is 12.7 Å². The Kier molecular flexibility index (Phi) is 5.57. The van der Waals surface area contributed by atoms with Crippen LogP contribution in [0.1, 0.15) is 28.0 Å². The van der Waals surface area contributed by atoms with Crippen molar-refractivity contribution in [1.29, 1.82) is 0 Å². The van der Waals surface area contributed by atoms with Crippen molar-refractivity contribution in [3.05, 3.63) is 35.0 Å². The Labute approximate surface area is 131 Å². The van der Waals surface area contributed by atoms with E-state index in [2.05, 4.69) is 17.2 Å². The smallest absolute Gasteiger partial charge is 0.251 e. The van der Waals surface area contributed by atoms with Crippen molar-refractivity contribution in [2.24, 2.45) is 0 Å². The van der Waals surface area contributed by atoms with E-state index in [1.54, 1.807) is 14.2 Å². The van der Waals surface area contributed by atoms with Crippen LogP contribution in [-0.2, 0) is 9.47 Å². The number of fused-ring (bicyclic) bond motifs is 1. The Balaban J connectivity index is 1.99. The lowest BCUT2D eigenvalue weighted by Gasteiger charge is -2.14. The lowest BCUT2D eigenvalue weighted by molar-refractivity contribution is 0.0238. The number of aryl methyl sites for hydroxylation is 2. The average molecular weight is 304 g/mol. The van der Waals surface area contributed by atoms with Gasteiger partial charge in [-0.25, -0.2) is 0 Å². The minimum absolute atomic E-state index is 0.00217. The van der Waals surface area contributed by atoms with E-state index in [9.17, 15) is 4.79 Å². The first-order valence-electron chi connectivity index (χ1n) is 7.45. The zero-order valence-corrected chi connectivity index (χ0v) is 13.7. The standard InChI is InChI=1S/C17H24N2O3/c1-11-12(2)19-16-6-5-13(9-15(11)16)17(20)18-8-7-14(22-4)10-21-3/h5-6,9,14,19H,7-8,10H2,1-4H3,(H,18,20)/t14-/m0/s1. The van der Waals surface area contributed by atoms with Gasteiger partial charge in [0.2, 0.25) is 0 Å². The summed E-state index contributed by atoms with van der Waals surface area (Å²) >= 11 is 0. The SMILES string of the molecule is COC[C@H](CCNC(=O)c1ccc2[nH]c(C)c(C)c2c1)OC. The Morgan fingerprint density at radius 2 is 2.09 bits per heavy atom. The number of methoxy groups -OCH3 is 2. The highest BCUT2D eigenvalue weighted by atomic mass is 16.5. The summed E-state index contributed by atoms with van der Waals surface area (Å²) < 4.78 is 10.3. The summed E-state index contributed by atoms with van der Waals surface area (Å²) in [5, 5.41) is 4.02. The zero-order chi connectivity index (χ0) is 16.1. The van der Waals surface area contributed by atoms with Crippen LogP contribution in [-0.4, -0.2) is 44.4 Å². The minimum Gasteiger partial charge on any atom is -0.382 e. The van der Waals surface area contributed by atoms with Crippen molar-refractivity contribution in [3.8, 4) is 0 Å². The molecule has 2 rings (SSSR count). The topological polar surface area (TPSA) is 63.3 Å². The lowest BCUT2D eigenvalue weighted by Crippen LogP contribution is -2.29. The Hall–Kier alpha value is -1.85. The molecular formula is C17H24N2O3. The van der Waals surface area contributed by atoms with Crippen LogP contribution < -0.4 is 5.32 Å². The van der Waals surface area contributed by atoms with E-state index >= 15 is 0 Å². The van der Waals surface area contributed by atoms with Crippen LogP contribution in [0.3, 0.4) is 0 Å². The molecule has 1 amide bonds. The normalized spacial score (nSPS) is 12.5. The van der Waals surface area contributed by atoms with Crippen molar-refractivity contribution in [3.63, 3.8) is 0 Å². The number of hydrogen-bond acceptors (Lipinski definition) is 3. The van der Waals surface area contributed by atoms with Gasteiger partial charge in [-0.3, -0.25) is 4.79 Å². The van der Waals surface area contributed by atoms with Crippen LogP contribution in [0.2, 0.25) is 0 Å². The van der Waals surface area contributed by atoms with Crippen LogP contribution in [0.15, 0.2) is 18.2 Å². The van der Waals surface area contributed by atoms with Gasteiger partial charge in [0.25, 0.3) is 5.91 Å². The van der Waals surface area contributed by atoms with Crippen LogP contribution in [0.5, 0.6) is 0 Å². The monoisotopic (exact) mass is 304 g/mol. The fourth-order valence-electron chi connectivity index (χ4n) is 2.51. The molecule has 1 heterocycles. The maximum atomic E-state index is 12.2. The van der Waals surface area contributed by atoms with Gasteiger partial charge in [0, 0.05) is 42.9 Å². The van der Waals surface area contributed by atoms with Gasteiger partial charge >= 0.3 is 0 Å². The van der Waals surface area contributed by atoms with Crippen molar-refractivity contribution in [2.45, 2.75) is 26.4 Å². The second kappa shape index (κ2) is 7.42. The van der Waals surface area contributed by atoms with Gasteiger partial charge in [0.15, 0.2) is 0 Å². The van der Waals surface area contributed by atoms with Crippen LogP contribution >= 0.6 is 0 Å². The van der Waals surface area contributed by atoms with Crippen molar-refractivity contribution in [2.75, 3.05) is 27.4 Å². The summed E-state index contributed by atoms with van der Waals surface area (Å²) in [5.41, 5.74) is 4.06. The van der Waals surface area contributed by atoms with E-state index in [1.807, 2.05) is 25.1 Å². The van der Waals surface area contributed by atoms with E-state index < -0.39 is 0 Å². The first kappa shape index (κ1) is 16.5. The highest BCUT2D eigenvalue weighted by Crippen LogP contribution is 2.22. The van der Waals surface area contributed by atoms with Crippen LogP contribution in [0.25, 0.3) is 10.9 Å². The van der Waals surface area contributed by atoms with E-state index in [0.29, 0.717) is 18.7 Å². The largest absolute Gasteiger partial charge is 0.382 e. The first-order chi connectivity index (χ1) is 10.6. The molecule has 0 spiro atoms. The molecule has 0 fully saturated rings. The zero-order valence-electron chi connectivity index (χ0n) is 13.7. The third-order valence-corrected chi connectivity index (χ3v) is 4.01. The maximum absolute atomic E-state index is 12.2. The second-order valence-electron chi connectivity index (χ2n) is 5.49. The molecule has 2 N–H and O–H groups in total. The molecule has 1 aromatic carbocycles. The Morgan fingerprint density at radius 1 is 1.32 bits per heavy atom.